The molecule has 24 heavy (non-hydrogen) atoms. The number of hydrogen-bond acceptors (Lipinski definition) is 6. The van der Waals surface area contributed by atoms with Crippen LogP contribution < -0.4 is 0 Å². The molecule has 0 saturated carbocycles. The van der Waals surface area contributed by atoms with E-state index in [1.165, 1.54) is 6.42 Å². The number of likely N-dealkylation sites (tertiary alicyclic amines) is 1. The summed E-state index contributed by atoms with van der Waals surface area (Å²) in [5.41, 5.74) is 1.14. The van der Waals surface area contributed by atoms with Gasteiger partial charge in [0, 0.05) is 43.7 Å². The Morgan fingerprint density at radius 3 is 3.00 bits per heavy atom. The van der Waals surface area contributed by atoms with Crippen LogP contribution in [0.1, 0.15) is 24.2 Å². The van der Waals surface area contributed by atoms with E-state index in [0.29, 0.717) is 12.1 Å². The summed E-state index contributed by atoms with van der Waals surface area (Å²) < 4.78 is 11.7. The van der Waals surface area contributed by atoms with Crippen molar-refractivity contribution in [3.8, 4) is 0 Å². The Hall–Kier alpha value is -1.76. The van der Waals surface area contributed by atoms with E-state index in [1.807, 2.05) is 18.5 Å². The second-order valence-corrected chi connectivity index (χ2v) is 6.78. The summed E-state index contributed by atoms with van der Waals surface area (Å²) in [6.07, 6.45) is 9.70. The molecule has 0 radical (unpaired) electrons. The van der Waals surface area contributed by atoms with Gasteiger partial charge in [0.25, 0.3) is 0 Å². The second-order valence-electron chi connectivity index (χ2n) is 6.78. The fourth-order valence-corrected chi connectivity index (χ4v) is 4.02. The Morgan fingerprint density at radius 1 is 1.33 bits per heavy atom. The van der Waals surface area contributed by atoms with Crippen molar-refractivity contribution in [3.05, 3.63) is 48.4 Å². The highest BCUT2D eigenvalue weighted by molar-refractivity contribution is 5.07. The summed E-state index contributed by atoms with van der Waals surface area (Å²) in [7, 11) is 2.17. The molecule has 0 N–H and O–H groups in total. The first kappa shape index (κ1) is 15.7. The molecule has 128 valence electrons. The van der Waals surface area contributed by atoms with Gasteiger partial charge in [-0.25, -0.2) is 9.97 Å². The number of fused-ring (bicyclic) bond motifs is 1. The molecule has 0 spiro atoms. The van der Waals surface area contributed by atoms with Gasteiger partial charge in [0.2, 0.25) is 0 Å². The van der Waals surface area contributed by atoms with Gasteiger partial charge in [-0.3, -0.25) is 9.80 Å². The molecule has 0 amide bonds. The standard InChI is InChI=1S/C18H24N4O2/c1-21(10-14-8-19-13-20-9-14)17-12-22(11-15-4-2-6-23-15)16-5-3-7-24-18(16)17/h2,4,6,8-9,13,16-18H,3,5,7,10-12H2,1H3/t16-,17-,18+/m1/s1. The van der Waals surface area contributed by atoms with Crippen molar-refractivity contribution in [2.45, 2.75) is 44.1 Å². The van der Waals surface area contributed by atoms with Gasteiger partial charge < -0.3 is 9.15 Å². The predicted octanol–water partition coefficient (Wildman–Crippen LogP) is 1.93. The molecule has 3 atom stereocenters. The Labute approximate surface area is 142 Å². The van der Waals surface area contributed by atoms with Crippen LogP contribution in [0.4, 0.5) is 0 Å². The maximum atomic E-state index is 6.18. The molecular weight excluding hydrogens is 304 g/mol. The van der Waals surface area contributed by atoms with Crippen LogP contribution in [0.2, 0.25) is 0 Å². The van der Waals surface area contributed by atoms with E-state index in [-0.39, 0.29) is 6.10 Å². The SMILES string of the molecule is CN(Cc1cncnc1)[C@@H]1CN(Cc2ccco2)[C@@H]2CCCO[C@H]12. The van der Waals surface area contributed by atoms with Crippen molar-refractivity contribution >= 4 is 0 Å². The van der Waals surface area contributed by atoms with Gasteiger partial charge in [0.05, 0.1) is 25.0 Å². The zero-order chi connectivity index (χ0) is 16.4. The van der Waals surface area contributed by atoms with Gasteiger partial charge in [-0.05, 0) is 32.0 Å². The normalized spacial score (nSPS) is 27.5. The number of hydrogen-bond donors (Lipinski definition) is 0. The van der Waals surface area contributed by atoms with Crippen molar-refractivity contribution in [2.24, 2.45) is 0 Å². The molecule has 0 unspecified atom stereocenters. The zero-order valence-corrected chi connectivity index (χ0v) is 14.0. The minimum absolute atomic E-state index is 0.267. The molecule has 2 aromatic heterocycles. The van der Waals surface area contributed by atoms with Crippen molar-refractivity contribution in [1.82, 2.24) is 19.8 Å². The lowest BCUT2D eigenvalue weighted by Crippen LogP contribution is -2.46. The van der Waals surface area contributed by atoms with E-state index in [2.05, 4.69) is 32.9 Å². The van der Waals surface area contributed by atoms with E-state index in [1.54, 1.807) is 12.6 Å². The third-order valence-electron chi connectivity index (χ3n) is 5.15. The molecule has 2 aromatic rings. The van der Waals surface area contributed by atoms with Crippen LogP contribution in [0.5, 0.6) is 0 Å². The average molecular weight is 328 g/mol. The molecule has 4 rings (SSSR count). The molecule has 0 aliphatic carbocycles. The Bertz CT molecular complexity index is 634. The molecule has 2 fully saturated rings. The third-order valence-corrected chi connectivity index (χ3v) is 5.15. The largest absolute Gasteiger partial charge is 0.468 e. The molecule has 4 heterocycles. The summed E-state index contributed by atoms with van der Waals surface area (Å²) in [5.74, 6) is 1.03. The Kier molecular flexibility index (Phi) is 4.60. The van der Waals surface area contributed by atoms with Crippen molar-refractivity contribution in [1.29, 1.82) is 0 Å². The molecule has 2 aliphatic heterocycles. The average Bonchev–Trinajstić information content (AvgIpc) is 3.25. The first-order chi connectivity index (χ1) is 11.8. The van der Waals surface area contributed by atoms with Crippen LogP contribution in [-0.4, -0.2) is 58.2 Å². The summed E-state index contributed by atoms with van der Waals surface area (Å²) >= 11 is 0. The lowest BCUT2D eigenvalue weighted by molar-refractivity contribution is -0.0390. The molecule has 0 bridgehead atoms. The molecule has 6 nitrogen and oxygen atoms in total. The molecule has 0 aromatic carbocycles. The van der Waals surface area contributed by atoms with Crippen LogP contribution in [0.3, 0.4) is 0 Å². The number of aromatic nitrogens is 2. The van der Waals surface area contributed by atoms with Gasteiger partial charge in [0.15, 0.2) is 0 Å². The highest BCUT2D eigenvalue weighted by Gasteiger charge is 2.45. The lowest BCUT2D eigenvalue weighted by Gasteiger charge is -2.34. The highest BCUT2D eigenvalue weighted by Crippen LogP contribution is 2.32. The monoisotopic (exact) mass is 328 g/mol. The Morgan fingerprint density at radius 2 is 2.21 bits per heavy atom. The van der Waals surface area contributed by atoms with Crippen molar-refractivity contribution in [2.75, 3.05) is 20.2 Å². The third kappa shape index (κ3) is 3.22. The molecule has 2 aliphatic rings. The first-order valence-electron chi connectivity index (χ1n) is 8.63. The van der Waals surface area contributed by atoms with E-state index >= 15 is 0 Å². The fourth-order valence-electron chi connectivity index (χ4n) is 4.02. The summed E-state index contributed by atoms with van der Waals surface area (Å²) in [6, 6.07) is 4.87. The van der Waals surface area contributed by atoms with Crippen LogP contribution in [0.25, 0.3) is 0 Å². The van der Waals surface area contributed by atoms with Gasteiger partial charge in [0.1, 0.15) is 12.1 Å². The van der Waals surface area contributed by atoms with E-state index in [0.717, 1.165) is 44.0 Å². The summed E-state index contributed by atoms with van der Waals surface area (Å²) in [6.45, 7) is 3.57. The summed E-state index contributed by atoms with van der Waals surface area (Å²) in [4.78, 5) is 13.1. The topological polar surface area (TPSA) is 54.6 Å². The predicted molar refractivity (Wildman–Crippen MR) is 89.2 cm³/mol. The van der Waals surface area contributed by atoms with E-state index < -0.39 is 0 Å². The van der Waals surface area contributed by atoms with E-state index in [9.17, 15) is 0 Å². The van der Waals surface area contributed by atoms with Crippen LogP contribution in [0.15, 0.2) is 41.5 Å². The number of furan rings is 1. The van der Waals surface area contributed by atoms with E-state index in [4.69, 9.17) is 9.15 Å². The second kappa shape index (κ2) is 7.01. The zero-order valence-electron chi connectivity index (χ0n) is 14.0. The van der Waals surface area contributed by atoms with Crippen LogP contribution >= 0.6 is 0 Å². The van der Waals surface area contributed by atoms with Crippen molar-refractivity contribution in [3.63, 3.8) is 0 Å². The molecule has 2 saturated heterocycles. The fraction of sp³-hybridized carbons (Fsp3) is 0.556. The van der Waals surface area contributed by atoms with Crippen LogP contribution in [0, 0.1) is 0 Å². The van der Waals surface area contributed by atoms with Gasteiger partial charge in [-0.2, -0.15) is 0 Å². The maximum Gasteiger partial charge on any atom is 0.117 e. The Balaban J connectivity index is 1.48. The highest BCUT2D eigenvalue weighted by atomic mass is 16.5. The smallest absolute Gasteiger partial charge is 0.117 e. The number of rotatable bonds is 5. The molecular formula is C18H24N4O2. The van der Waals surface area contributed by atoms with Crippen LogP contribution in [-0.2, 0) is 17.8 Å². The van der Waals surface area contributed by atoms with Gasteiger partial charge in [-0.15, -0.1) is 0 Å². The minimum atomic E-state index is 0.267. The van der Waals surface area contributed by atoms with Gasteiger partial charge >= 0.3 is 0 Å². The lowest BCUT2D eigenvalue weighted by atomic mass is 10.00. The first-order valence-corrected chi connectivity index (χ1v) is 8.63. The quantitative estimate of drug-likeness (QED) is 0.836. The van der Waals surface area contributed by atoms with Gasteiger partial charge in [-0.1, -0.05) is 0 Å². The van der Waals surface area contributed by atoms with Crippen molar-refractivity contribution < 1.29 is 9.15 Å². The number of likely N-dealkylation sites (N-methyl/N-ethyl adjacent to an activating group) is 1. The summed E-state index contributed by atoms with van der Waals surface area (Å²) in [5, 5.41) is 0. The number of ether oxygens (including phenoxy) is 1. The maximum absolute atomic E-state index is 6.18. The molecule has 6 heteroatoms. The number of nitrogens with zero attached hydrogens (tertiary/aromatic N) is 4. The minimum Gasteiger partial charge on any atom is -0.468 e.